The Morgan fingerprint density at radius 3 is 2.56 bits per heavy atom. The summed E-state index contributed by atoms with van der Waals surface area (Å²) in [5.41, 5.74) is 3.56. The van der Waals surface area contributed by atoms with Crippen molar-refractivity contribution in [3.63, 3.8) is 0 Å². The smallest absolute Gasteiger partial charge is 0.237 e. The molecule has 2 aromatic carbocycles. The Kier molecular flexibility index (Phi) is 5.46. The molecule has 3 aromatic rings. The maximum absolute atomic E-state index is 13.1. The summed E-state index contributed by atoms with van der Waals surface area (Å²) >= 11 is 1.20. The van der Waals surface area contributed by atoms with Crippen molar-refractivity contribution < 1.29 is 9.18 Å². The predicted octanol–water partition coefficient (Wildman–Crippen LogP) is 3.53. The summed E-state index contributed by atoms with van der Waals surface area (Å²) in [6.07, 6.45) is 0. The summed E-state index contributed by atoms with van der Waals surface area (Å²) in [6, 6.07) is 11.7. The van der Waals surface area contributed by atoms with Gasteiger partial charge in [-0.3, -0.25) is 4.79 Å². The molecule has 0 aliphatic heterocycles. The number of carbonyl (C=O) groups is 1. The molecule has 0 saturated carbocycles. The summed E-state index contributed by atoms with van der Waals surface area (Å²) in [6.45, 7) is 5.73. The van der Waals surface area contributed by atoms with E-state index in [9.17, 15) is 9.18 Å². The normalized spacial score (nSPS) is 12.0. The molecule has 1 heterocycles. The Bertz CT molecular complexity index is 971. The first-order valence-electron chi connectivity index (χ1n) is 8.36. The lowest BCUT2D eigenvalue weighted by Crippen LogP contribution is -2.24. The molecule has 0 aliphatic rings. The number of rotatable bonds is 5. The van der Waals surface area contributed by atoms with E-state index in [1.165, 1.54) is 28.6 Å². The zero-order valence-electron chi connectivity index (χ0n) is 15.2. The van der Waals surface area contributed by atoms with Crippen LogP contribution in [0.3, 0.4) is 0 Å². The van der Waals surface area contributed by atoms with Crippen molar-refractivity contribution in [2.75, 3.05) is 11.2 Å². The minimum Gasteiger partial charge on any atom is -0.335 e. The van der Waals surface area contributed by atoms with Crippen molar-refractivity contribution in [3.05, 3.63) is 59.4 Å². The average molecular weight is 385 g/mol. The number of nitrogens with two attached hydrogens (primary N) is 1. The number of nitrogen functional groups attached to an aromatic ring is 1. The first kappa shape index (κ1) is 18.9. The van der Waals surface area contributed by atoms with Gasteiger partial charge >= 0.3 is 0 Å². The number of aryl methyl sites for hydroxylation is 2. The highest BCUT2D eigenvalue weighted by Crippen LogP contribution is 2.26. The maximum Gasteiger partial charge on any atom is 0.237 e. The molecule has 3 rings (SSSR count). The van der Waals surface area contributed by atoms with Crippen LogP contribution in [0.4, 0.5) is 10.1 Å². The van der Waals surface area contributed by atoms with E-state index >= 15 is 0 Å². The highest BCUT2D eigenvalue weighted by Gasteiger charge is 2.20. The molecule has 0 saturated heterocycles. The van der Waals surface area contributed by atoms with E-state index in [1.54, 1.807) is 19.1 Å². The topological polar surface area (TPSA) is 85.8 Å². The van der Waals surface area contributed by atoms with Gasteiger partial charge in [0.05, 0.1) is 5.25 Å². The van der Waals surface area contributed by atoms with E-state index in [1.807, 2.05) is 32.0 Å². The lowest BCUT2D eigenvalue weighted by Gasteiger charge is -2.13. The lowest BCUT2D eigenvalue weighted by molar-refractivity contribution is -0.115. The van der Waals surface area contributed by atoms with Crippen molar-refractivity contribution in [1.82, 2.24) is 14.9 Å². The molecule has 140 valence electrons. The molecule has 1 aromatic heterocycles. The molecule has 1 amide bonds. The van der Waals surface area contributed by atoms with Gasteiger partial charge in [-0.15, -0.1) is 10.2 Å². The molecule has 6 nitrogen and oxygen atoms in total. The van der Waals surface area contributed by atoms with Crippen molar-refractivity contribution >= 4 is 23.4 Å². The van der Waals surface area contributed by atoms with E-state index in [2.05, 4.69) is 15.5 Å². The van der Waals surface area contributed by atoms with Crippen LogP contribution in [0.2, 0.25) is 0 Å². The molecule has 3 N–H and O–H groups in total. The summed E-state index contributed by atoms with van der Waals surface area (Å²) in [5, 5.41) is 11.0. The van der Waals surface area contributed by atoms with E-state index in [0.29, 0.717) is 16.5 Å². The summed E-state index contributed by atoms with van der Waals surface area (Å²) < 4.78 is 14.4. The summed E-state index contributed by atoms with van der Waals surface area (Å²) in [7, 11) is 0. The maximum atomic E-state index is 13.1. The Hall–Kier alpha value is -2.87. The number of hydrogen-bond donors (Lipinski definition) is 2. The third-order valence-electron chi connectivity index (χ3n) is 4.06. The van der Waals surface area contributed by atoms with E-state index in [0.717, 1.165) is 16.8 Å². The van der Waals surface area contributed by atoms with Crippen LogP contribution < -0.4 is 11.2 Å². The van der Waals surface area contributed by atoms with Crippen LogP contribution >= 0.6 is 11.8 Å². The minimum absolute atomic E-state index is 0.154. The number of amides is 1. The van der Waals surface area contributed by atoms with Gasteiger partial charge in [0.1, 0.15) is 5.82 Å². The number of aromatic nitrogens is 3. The van der Waals surface area contributed by atoms with E-state index in [4.69, 9.17) is 5.84 Å². The fourth-order valence-electron chi connectivity index (χ4n) is 2.55. The molecule has 0 radical (unpaired) electrons. The number of nitrogens with zero attached hydrogens (tertiary/aromatic N) is 3. The van der Waals surface area contributed by atoms with Crippen LogP contribution in [0.25, 0.3) is 11.4 Å². The van der Waals surface area contributed by atoms with Gasteiger partial charge in [0.2, 0.25) is 11.1 Å². The van der Waals surface area contributed by atoms with Gasteiger partial charge in [0.15, 0.2) is 5.82 Å². The van der Waals surface area contributed by atoms with Crippen molar-refractivity contribution in [3.8, 4) is 11.4 Å². The third kappa shape index (κ3) is 4.28. The van der Waals surface area contributed by atoms with E-state index in [-0.39, 0.29) is 11.7 Å². The molecule has 0 spiro atoms. The van der Waals surface area contributed by atoms with Gasteiger partial charge in [-0.25, -0.2) is 9.07 Å². The van der Waals surface area contributed by atoms with Gasteiger partial charge in [-0.1, -0.05) is 29.5 Å². The van der Waals surface area contributed by atoms with Gasteiger partial charge in [-0.2, -0.15) is 0 Å². The molecular weight excluding hydrogens is 365 g/mol. The highest BCUT2D eigenvalue weighted by atomic mass is 32.2. The number of nitrogens with one attached hydrogen (secondary N) is 1. The van der Waals surface area contributed by atoms with Crippen LogP contribution in [0, 0.1) is 19.7 Å². The van der Waals surface area contributed by atoms with Crippen LogP contribution in [-0.2, 0) is 4.79 Å². The SMILES string of the molecule is Cc1ccc(NC(=O)C(C)Sc2nnc(-c3ccc(F)cc3)n2N)c(C)c1. The zero-order chi connectivity index (χ0) is 19.6. The van der Waals surface area contributed by atoms with Gasteiger partial charge in [0, 0.05) is 11.3 Å². The average Bonchev–Trinajstić information content (AvgIpc) is 2.98. The zero-order valence-corrected chi connectivity index (χ0v) is 16.0. The second kappa shape index (κ2) is 7.79. The van der Waals surface area contributed by atoms with Crippen LogP contribution in [0.5, 0.6) is 0 Å². The Morgan fingerprint density at radius 1 is 1.19 bits per heavy atom. The van der Waals surface area contributed by atoms with Crippen molar-refractivity contribution in [2.24, 2.45) is 0 Å². The first-order valence-corrected chi connectivity index (χ1v) is 9.24. The van der Waals surface area contributed by atoms with Crippen molar-refractivity contribution in [1.29, 1.82) is 0 Å². The van der Waals surface area contributed by atoms with Crippen LogP contribution in [0.1, 0.15) is 18.1 Å². The van der Waals surface area contributed by atoms with Gasteiger partial charge < -0.3 is 11.2 Å². The molecule has 0 bridgehead atoms. The van der Waals surface area contributed by atoms with Crippen LogP contribution in [0.15, 0.2) is 47.6 Å². The standard InChI is InChI=1S/C19H20FN5OS/c1-11-4-9-16(12(2)10-11)22-18(26)13(3)27-19-24-23-17(25(19)21)14-5-7-15(20)8-6-14/h4-10,13H,21H2,1-3H3,(H,22,26). The van der Waals surface area contributed by atoms with Gasteiger partial charge in [-0.05, 0) is 56.7 Å². The number of hydrogen-bond acceptors (Lipinski definition) is 5. The molecule has 8 heteroatoms. The Morgan fingerprint density at radius 2 is 1.89 bits per heavy atom. The molecular formula is C19H20FN5OS. The number of thioether (sulfide) groups is 1. The van der Waals surface area contributed by atoms with Gasteiger partial charge in [0.25, 0.3) is 0 Å². The lowest BCUT2D eigenvalue weighted by atomic mass is 10.1. The number of benzene rings is 2. The largest absolute Gasteiger partial charge is 0.335 e. The molecule has 1 atom stereocenters. The van der Waals surface area contributed by atoms with E-state index < -0.39 is 5.25 Å². The molecule has 27 heavy (non-hydrogen) atoms. The highest BCUT2D eigenvalue weighted by molar-refractivity contribution is 8.00. The monoisotopic (exact) mass is 385 g/mol. The molecule has 0 aliphatic carbocycles. The molecule has 0 fully saturated rings. The minimum atomic E-state index is -0.432. The summed E-state index contributed by atoms with van der Waals surface area (Å²) in [4.78, 5) is 12.5. The second-order valence-electron chi connectivity index (χ2n) is 6.25. The predicted molar refractivity (Wildman–Crippen MR) is 105 cm³/mol. The second-order valence-corrected chi connectivity index (χ2v) is 7.56. The fraction of sp³-hybridized carbons (Fsp3) is 0.211. The third-order valence-corrected chi connectivity index (χ3v) is 5.11. The number of anilines is 1. The Labute approximate surface area is 161 Å². The summed E-state index contributed by atoms with van der Waals surface area (Å²) in [5.74, 6) is 5.97. The molecule has 1 unspecified atom stereocenters. The first-order chi connectivity index (χ1) is 12.8. The number of carbonyl (C=O) groups excluding carboxylic acids is 1. The quantitative estimate of drug-likeness (QED) is 0.518. The fourth-order valence-corrected chi connectivity index (χ4v) is 3.32. The number of halogens is 1. The Balaban J connectivity index is 1.71. The van der Waals surface area contributed by atoms with Crippen molar-refractivity contribution in [2.45, 2.75) is 31.2 Å². The van der Waals surface area contributed by atoms with Crippen LogP contribution in [-0.4, -0.2) is 26.0 Å².